The minimum absolute atomic E-state index is 0.0480. The number of hydrogen-bond acceptors (Lipinski definition) is 4. The average Bonchev–Trinajstić information content (AvgIpc) is 3.41. The molecule has 1 aromatic carbocycles. The minimum Gasteiger partial charge on any atom is -0.366 e. The van der Waals surface area contributed by atoms with Gasteiger partial charge in [0, 0.05) is 36.4 Å². The molecule has 2 heterocycles. The number of benzene rings is 1. The Bertz CT molecular complexity index is 814. The van der Waals surface area contributed by atoms with Crippen LogP contribution in [0.3, 0.4) is 0 Å². The standard InChI is InChI=1S/C23H30N2O3/c24-21(26)17-4-3-16-12-20-18-5-6-23(27-9-10-28-23)14-22(18,19(16)11-17)7-8-25(20)13-15-1-2-15/h3-4,11,15,18,20H,1-2,5-10,12-14H2,(H2,24,26). The summed E-state index contributed by atoms with van der Waals surface area (Å²) in [7, 11) is 0. The number of carbonyl (C=O) groups excluding carboxylic acids is 1. The third-order valence-electron chi connectivity index (χ3n) is 8.27. The molecule has 150 valence electrons. The van der Waals surface area contributed by atoms with Gasteiger partial charge in [-0.3, -0.25) is 9.69 Å². The molecule has 3 unspecified atom stereocenters. The monoisotopic (exact) mass is 382 g/mol. The van der Waals surface area contributed by atoms with Crippen LogP contribution in [0.1, 0.15) is 60.0 Å². The number of likely N-dealkylation sites (tertiary alicyclic amines) is 1. The topological polar surface area (TPSA) is 64.8 Å². The number of rotatable bonds is 3. The zero-order valence-electron chi connectivity index (χ0n) is 16.5. The first-order valence-electron chi connectivity index (χ1n) is 11.0. The van der Waals surface area contributed by atoms with E-state index in [2.05, 4.69) is 17.0 Å². The molecule has 3 aliphatic carbocycles. The van der Waals surface area contributed by atoms with Crippen molar-refractivity contribution in [3.05, 3.63) is 34.9 Å². The summed E-state index contributed by atoms with van der Waals surface area (Å²) in [6.45, 7) is 3.82. The van der Waals surface area contributed by atoms with Gasteiger partial charge in [0.15, 0.2) is 5.79 Å². The quantitative estimate of drug-likeness (QED) is 0.873. The molecular formula is C23H30N2O3. The smallest absolute Gasteiger partial charge is 0.248 e. The molecule has 5 aliphatic rings. The number of ether oxygens (including phenoxy) is 2. The molecule has 2 N–H and O–H groups in total. The summed E-state index contributed by atoms with van der Waals surface area (Å²) in [5, 5.41) is 0. The number of nitrogens with zero attached hydrogens (tertiary/aromatic N) is 1. The molecule has 6 rings (SSSR count). The summed E-state index contributed by atoms with van der Waals surface area (Å²) >= 11 is 0. The summed E-state index contributed by atoms with van der Waals surface area (Å²) in [5.74, 6) is 0.788. The van der Waals surface area contributed by atoms with Crippen LogP contribution in [0.15, 0.2) is 18.2 Å². The fourth-order valence-corrected chi connectivity index (χ4v) is 6.85. The molecule has 2 saturated heterocycles. The molecule has 2 saturated carbocycles. The van der Waals surface area contributed by atoms with E-state index in [1.54, 1.807) is 0 Å². The second kappa shape index (κ2) is 6.04. The van der Waals surface area contributed by atoms with Gasteiger partial charge in [0.2, 0.25) is 5.91 Å². The Morgan fingerprint density at radius 1 is 1.18 bits per heavy atom. The normalized spacial score (nSPS) is 36.1. The van der Waals surface area contributed by atoms with E-state index in [0.29, 0.717) is 30.7 Å². The number of primary amides is 1. The second-order valence-corrected chi connectivity index (χ2v) is 9.78. The summed E-state index contributed by atoms with van der Waals surface area (Å²) in [5.41, 5.74) is 9.09. The van der Waals surface area contributed by atoms with E-state index in [-0.39, 0.29) is 11.3 Å². The van der Waals surface area contributed by atoms with Crippen LogP contribution < -0.4 is 5.73 Å². The van der Waals surface area contributed by atoms with Crippen LogP contribution in [0.2, 0.25) is 0 Å². The van der Waals surface area contributed by atoms with Crippen molar-refractivity contribution in [2.24, 2.45) is 17.6 Å². The van der Waals surface area contributed by atoms with Gasteiger partial charge in [0.1, 0.15) is 0 Å². The molecular weight excluding hydrogens is 352 g/mol. The summed E-state index contributed by atoms with van der Waals surface area (Å²) < 4.78 is 12.4. The van der Waals surface area contributed by atoms with Gasteiger partial charge >= 0.3 is 0 Å². The van der Waals surface area contributed by atoms with E-state index in [1.165, 1.54) is 30.5 Å². The van der Waals surface area contributed by atoms with Gasteiger partial charge in [-0.1, -0.05) is 6.07 Å². The number of carbonyl (C=O) groups is 1. The molecule has 2 aliphatic heterocycles. The molecule has 5 heteroatoms. The van der Waals surface area contributed by atoms with E-state index >= 15 is 0 Å². The van der Waals surface area contributed by atoms with Crippen molar-refractivity contribution >= 4 is 5.91 Å². The van der Waals surface area contributed by atoms with Crippen molar-refractivity contribution in [2.75, 3.05) is 26.3 Å². The van der Waals surface area contributed by atoms with Crippen LogP contribution in [0, 0.1) is 11.8 Å². The van der Waals surface area contributed by atoms with Crippen LogP contribution in [0.4, 0.5) is 0 Å². The third-order valence-corrected chi connectivity index (χ3v) is 8.27. The van der Waals surface area contributed by atoms with Crippen molar-refractivity contribution < 1.29 is 14.3 Å². The molecule has 1 aromatic rings. The van der Waals surface area contributed by atoms with Crippen molar-refractivity contribution in [1.29, 1.82) is 0 Å². The van der Waals surface area contributed by atoms with Crippen LogP contribution in [0.25, 0.3) is 0 Å². The summed E-state index contributed by atoms with van der Waals surface area (Å²) in [6.07, 6.45) is 8.11. The van der Waals surface area contributed by atoms with Gasteiger partial charge in [-0.05, 0) is 73.7 Å². The van der Waals surface area contributed by atoms with E-state index in [1.807, 2.05) is 6.07 Å². The number of nitrogens with two attached hydrogens (primary N) is 1. The largest absolute Gasteiger partial charge is 0.366 e. The highest BCUT2D eigenvalue weighted by molar-refractivity contribution is 5.93. The number of hydrogen-bond donors (Lipinski definition) is 1. The van der Waals surface area contributed by atoms with Gasteiger partial charge in [0.25, 0.3) is 0 Å². The lowest BCUT2D eigenvalue weighted by molar-refractivity contribution is -0.213. The predicted octanol–water partition coefficient (Wildman–Crippen LogP) is 2.61. The zero-order valence-corrected chi connectivity index (χ0v) is 16.5. The molecule has 5 nitrogen and oxygen atoms in total. The van der Waals surface area contributed by atoms with Gasteiger partial charge < -0.3 is 15.2 Å². The lowest BCUT2D eigenvalue weighted by Crippen LogP contribution is -2.64. The Morgan fingerprint density at radius 2 is 2.00 bits per heavy atom. The highest BCUT2D eigenvalue weighted by atomic mass is 16.7. The molecule has 4 fully saturated rings. The Hall–Kier alpha value is -1.43. The maximum Gasteiger partial charge on any atom is 0.248 e. The molecule has 28 heavy (non-hydrogen) atoms. The molecule has 2 bridgehead atoms. The molecule has 0 aromatic heterocycles. The SMILES string of the molecule is NC(=O)c1ccc2c(c1)C13CCN(CC4CC4)C(C2)C1CCC1(C3)OCCO1. The van der Waals surface area contributed by atoms with E-state index < -0.39 is 5.79 Å². The fourth-order valence-electron chi connectivity index (χ4n) is 6.85. The first-order valence-corrected chi connectivity index (χ1v) is 11.0. The molecule has 3 atom stereocenters. The van der Waals surface area contributed by atoms with Crippen molar-refractivity contribution in [3.63, 3.8) is 0 Å². The first kappa shape index (κ1) is 17.4. The third kappa shape index (κ3) is 2.52. The molecule has 1 spiro atoms. The summed E-state index contributed by atoms with van der Waals surface area (Å²) in [4.78, 5) is 14.7. The van der Waals surface area contributed by atoms with Crippen LogP contribution in [-0.4, -0.2) is 48.9 Å². The Labute approximate surface area is 166 Å². The van der Waals surface area contributed by atoms with Gasteiger partial charge in [-0.25, -0.2) is 0 Å². The number of amides is 1. The van der Waals surface area contributed by atoms with E-state index in [4.69, 9.17) is 15.2 Å². The second-order valence-electron chi connectivity index (χ2n) is 9.78. The summed E-state index contributed by atoms with van der Waals surface area (Å²) in [6, 6.07) is 6.80. The zero-order chi connectivity index (χ0) is 18.9. The number of piperidine rings is 1. The van der Waals surface area contributed by atoms with Crippen molar-refractivity contribution in [2.45, 2.75) is 62.2 Å². The lowest BCUT2D eigenvalue weighted by atomic mass is 9.51. The van der Waals surface area contributed by atoms with Crippen LogP contribution in [0.5, 0.6) is 0 Å². The average molecular weight is 383 g/mol. The Balaban J connectivity index is 1.45. The number of fused-ring (bicyclic) bond motifs is 1. The van der Waals surface area contributed by atoms with Crippen LogP contribution in [-0.2, 0) is 21.3 Å². The van der Waals surface area contributed by atoms with Gasteiger partial charge in [-0.2, -0.15) is 0 Å². The predicted molar refractivity (Wildman–Crippen MR) is 105 cm³/mol. The van der Waals surface area contributed by atoms with Gasteiger partial charge in [0.05, 0.1) is 13.2 Å². The van der Waals surface area contributed by atoms with Gasteiger partial charge in [-0.15, -0.1) is 0 Å². The maximum absolute atomic E-state index is 11.9. The Kier molecular flexibility index (Phi) is 3.76. The maximum atomic E-state index is 11.9. The lowest BCUT2D eigenvalue weighted by Gasteiger charge is -2.61. The van der Waals surface area contributed by atoms with Crippen molar-refractivity contribution in [3.8, 4) is 0 Å². The van der Waals surface area contributed by atoms with Crippen LogP contribution >= 0.6 is 0 Å². The van der Waals surface area contributed by atoms with E-state index in [9.17, 15) is 4.79 Å². The highest BCUT2D eigenvalue weighted by Crippen LogP contribution is 2.59. The fraction of sp³-hybridized carbons (Fsp3) is 0.696. The molecule has 1 amide bonds. The highest BCUT2D eigenvalue weighted by Gasteiger charge is 2.60. The van der Waals surface area contributed by atoms with Crippen molar-refractivity contribution in [1.82, 2.24) is 4.90 Å². The Morgan fingerprint density at radius 3 is 2.75 bits per heavy atom. The minimum atomic E-state index is -0.420. The first-order chi connectivity index (χ1) is 13.6. The molecule has 0 radical (unpaired) electrons. The van der Waals surface area contributed by atoms with E-state index in [0.717, 1.165) is 44.6 Å².